The van der Waals surface area contributed by atoms with Crippen LogP contribution in [0.25, 0.3) is 21.9 Å². The summed E-state index contributed by atoms with van der Waals surface area (Å²) in [6.07, 6.45) is 4.61. The molecule has 1 aromatic heterocycles. The molecule has 4 aromatic rings. The second kappa shape index (κ2) is 11.7. The van der Waals surface area contributed by atoms with Crippen LogP contribution >= 0.6 is 12.4 Å². The smallest absolute Gasteiger partial charge is 0.249 e. The maximum atomic E-state index is 14.0. The number of methoxy groups -OCH3 is 1. The number of fused-ring (bicyclic) bond motifs is 2. The molecule has 2 atom stereocenters. The summed E-state index contributed by atoms with van der Waals surface area (Å²) in [5, 5.41) is 7.96. The Bertz CT molecular complexity index is 1440. The number of carbonyl (C=O) groups excluding carboxylic acids is 2. The van der Waals surface area contributed by atoms with Crippen molar-refractivity contribution in [2.24, 2.45) is 0 Å². The summed E-state index contributed by atoms with van der Waals surface area (Å²) in [6, 6.07) is 19.0. The van der Waals surface area contributed by atoms with Gasteiger partial charge in [-0.1, -0.05) is 42.5 Å². The van der Waals surface area contributed by atoms with Crippen molar-refractivity contribution in [1.29, 1.82) is 0 Å². The molecule has 2 heterocycles. The number of para-hydroxylation sites is 1. The molecule has 0 fully saturated rings. The maximum absolute atomic E-state index is 14.0. The van der Waals surface area contributed by atoms with Crippen molar-refractivity contribution < 1.29 is 18.7 Å². The van der Waals surface area contributed by atoms with Crippen LogP contribution in [0.4, 0.5) is 5.69 Å². The van der Waals surface area contributed by atoms with Crippen molar-refractivity contribution >= 4 is 40.7 Å². The third kappa shape index (κ3) is 5.12. The number of ether oxygens (including phenoxy) is 1. The van der Waals surface area contributed by atoms with Crippen molar-refractivity contribution in [3.05, 3.63) is 84.3 Å². The van der Waals surface area contributed by atoms with E-state index in [4.69, 9.17) is 9.15 Å². The number of halogens is 1. The van der Waals surface area contributed by atoms with E-state index in [-0.39, 0.29) is 24.2 Å². The summed E-state index contributed by atoms with van der Waals surface area (Å²) < 4.78 is 11.1. The number of hydrogen-bond acceptors (Lipinski definition) is 5. The zero-order valence-electron chi connectivity index (χ0n) is 21.7. The highest BCUT2D eigenvalue weighted by Gasteiger charge is 2.33. The van der Waals surface area contributed by atoms with Crippen LogP contribution in [0.3, 0.4) is 0 Å². The molecule has 5 rings (SSSR count). The van der Waals surface area contributed by atoms with Crippen LogP contribution in [-0.2, 0) is 22.6 Å². The van der Waals surface area contributed by atoms with Gasteiger partial charge in [0.05, 0.1) is 32.2 Å². The molecule has 0 spiro atoms. The van der Waals surface area contributed by atoms with E-state index in [2.05, 4.69) is 22.8 Å². The molecule has 3 aromatic carbocycles. The van der Waals surface area contributed by atoms with Gasteiger partial charge in [0.2, 0.25) is 11.8 Å². The minimum absolute atomic E-state index is 0. The van der Waals surface area contributed by atoms with E-state index in [9.17, 15) is 9.59 Å². The minimum atomic E-state index is -0.627. The van der Waals surface area contributed by atoms with Gasteiger partial charge in [0.1, 0.15) is 11.8 Å². The van der Waals surface area contributed by atoms with Crippen LogP contribution in [0.15, 0.2) is 77.6 Å². The van der Waals surface area contributed by atoms with E-state index in [1.54, 1.807) is 38.5 Å². The normalized spacial score (nSPS) is 15.8. The van der Waals surface area contributed by atoms with Gasteiger partial charge in [0.25, 0.3) is 0 Å². The standard InChI is InChI=1S/C30H31N3O4.ClH/c1-19(31-2)29(34)32-26-13-11-20-7-4-5-10-27(20)33(30(26)35)17-25-23-9-6-8-22(21-15-16-37-18-21)24(23)12-14-28(25)36-3;/h4-10,12,14-16,18-19,26,31H,11,13,17H2,1-3H3,(H,32,34);1H/t19-,26-;/m0./s1. The molecule has 198 valence electrons. The Morgan fingerprint density at radius 1 is 1.11 bits per heavy atom. The summed E-state index contributed by atoms with van der Waals surface area (Å²) in [7, 11) is 3.37. The molecule has 8 heteroatoms. The van der Waals surface area contributed by atoms with Crippen LogP contribution in [0, 0.1) is 0 Å². The molecule has 2 N–H and O–H groups in total. The van der Waals surface area contributed by atoms with E-state index in [0.717, 1.165) is 38.7 Å². The highest BCUT2D eigenvalue weighted by molar-refractivity contribution is 6.03. The molecule has 1 aliphatic heterocycles. The van der Waals surface area contributed by atoms with Crippen LogP contribution in [-0.4, -0.2) is 38.1 Å². The molecule has 1 aliphatic rings. The second-order valence-corrected chi connectivity index (χ2v) is 9.32. The summed E-state index contributed by atoms with van der Waals surface area (Å²) in [5.74, 6) is 0.377. The van der Waals surface area contributed by atoms with Gasteiger partial charge in [-0.05, 0) is 66.9 Å². The van der Waals surface area contributed by atoms with Gasteiger partial charge in [-0.3, -0.25) is 9.59 Å². The fourth-order valence-electron chi connectivity index (χ4n) is 5.02. The predicted molar refractivity (Wildman–Crippen MR) is 152 cm³/mol. The number of anilines is 1. The SMILES string of the molecule is CN[C@@H](C)C(=O)N[C@H]1CCc2ccccc2N(Cc2c(OC)ccc3c(-c4ccoc4)cccc23)C1=O.Cl. The first-order chi connectivity index (χ1) is 18.0. The fraction of sp³-hybridized carbons (Fsp3) is 0.267. The molecule has 0 bridgehead atoms. The van der Waals surface area contributed by atoms with Crippen molar-refractivity contribution in [2.45, 2.75) is 38.4 Å². The van der Waals surface area contributed by atoms with Crippen LogP contribution in [0.5, 0.6) is 5.75 Å². The number of hydrogen-bond donors (Lipinski definition) is 2. The average Bonchev–Trinajstić information content (AvgIpc) is 3.43. The van der Waals surface area contributed by atoms with Gasteiger partial charge in [-0.25, -0.2) is 0 Å². The van der Waals surface area contributed by atoms with Crippen molar-refractivity contribution in [3.8, 4) is 16.9 Å². The number of aryl methyl sites for hydroxylation is 1. The van der Waals surface area contributed by atoms with E-state index in [1.807, 2.05) is 48.5 Å². The number of rotatable bonds is 7. The van der Waals surface area contributed by atoms with Gasteiger partial charge in [0.15, 0.2) is 0 Å². The Hall–Kier alpha value is -3.81. The summed E-state index contributed by atoms with van der Waals surface area (Å²) in [4.78, 5) is 28.5. The van der Waals surface area contributed by atoms with E-state index in [1.165, 1.54) is 0 Å². The highest BCUT2D eigenvalue weighted by atomic mass is 35.5. The quantitative estimate of drug-likeness (QED) is 0.345. The van der Waals surface area contributed by atoms with Gasteiger partial charge in [0, 0.05) is 16.8 Å². The summed E-state index contributed by atoms with van der Waals surface area (Å²) >= 11 is 0. The number of likely N-dealkylation sites (N-methyl/N-ethyl adjacent to an activating group) is 1. The van der Waals surface area contributed by atoms with Crippen LogP contribution in [0.1, 0.15) is 24.5 Å². The predicted octanol–water partition coefficient (Wildman–Crippen LogP) is 5.10. The van der Waals surface area contributed by atoms with Crippen molar-refractivity contribution in [2.75, 3.05) is 19.1 Å². The second-order valence-electron chi connectivity index (χ2n) is 9.32. The summed E-state index contributed by atoms with van der Waals surface area (Å²) in [6.45, 7) is 2.08. The number of benzene rings is 3. The monoisotopic (exact) mass is 533 g/mol. The van der Waals surface area contributed by atoms with Gasteiger partial charge < -0.3 is 24.7 Å². The Morgan fingerprint density at radius 2 is 1.92 bits per heavy atom. The molecule has 0 saturated carbocycles. The zero-order chi connectivity index (χ0) is 25.9. The number of carbonyl (C=O) groups is 2. The number of furan rings is 1. The number of nitrogens with one attached hydrogen (secondary N) is 2. The first-order valence-corrected chi connectivity index (χ1v) is 12.5. The van der Waals surface area contributed by atoms with Gasteiger partial charge in [-0.2, -0.15) is 0 Å². The van der Waals surface area contributed by atoms with Crippen molar-refractivity contribution in [1.82, 2.24) is 10.6 Å². The molecule has 38 heavy (non-hydrogen) atoms. The van der Waals surface area contributed by atoms with Crippen molar-refractivity contribution in [3.63, 3.8) is 0 Å². The molecule has 0 saturated heterocycles. The highest BCUT2D eigenvalue weighted by Crippen LogP contribution is 2.37. The average molecular weight is 534 g/mol. The van der Waals surface area contributed by atoms with E-state index >= 15 is 0 Å². The fourth-order valence-corrected chi connectivity index (χ4v) is 5.02. The topological polar surface area (TPSA) is 83.8 Å². The minimum Gasteiger partial charge on any atom is -0.496 e. The zero-order valence-corrected chi connectivity index (χ0v) is 22.5. The third-order valence-electron chi connectivity index (χ3n) is 7.19. The molecular weight excluding hydrogens is 502 g/mol. The van der Waals surface area contributed by atoms with Crippen LogP contribution in [0.2, 0.25) is 0 Å². The molecule has 0 radical (unpaired) electrons. The lowest BCUT2D eigenvalue weighted by molar-refractivity contribution is -0.128. The molecule has 7 nitrogen and oxygen atoms in total. The molecule has 2 amide bonds. The number of amides is 2. The number of nitrogens with zero attached hydrogens (tertiary/aromatic N) is 1. The lowest BCUT2D eigenvalue weighted by Crippen LogP contribution is -2.52. The van der Waals surface area contributed by atoms with E-state index < -0.39 is 12.1 Å². The Balaban J connectivity index is 0.00000336. The largest absolute Gasteiger partial charge is 0.496 e. The Morgan fingerprint density at radius 3 is 2.66 bits per heavy atom. The lowest BCUT2D eigenvalue weighted by Gasteiger charge is -2.28. The lowest BCUT2D eigenvalue weighted by atomic mass is 9.96. The van der Waals surface area contributed by atoms with E-state index in [0.29, 0.717) is 25.1 Å². The van der Waals surface area contributed by atoms with Crippen LogP contribution < -0.4 is 20.3 Å². The first kappa shape index (κ1) is 27.2. The third-order valence-corrected chi connectivity index (χ3v) is 7.19. The maximum Gasteiger partial charge on any atom is 0.249 e. The van der Waals surface area contributed by atoms with Gasteiger partial charge in [-0.15, -0.1) is 12.4 Å². The first-order valence-electron chi connectivity index (χ1n) is 12.5. The Labute approximate surface area is 228 Å². The van der Waals surface area contributed by atoms with Gasteiger partial charge >= 0.3 is 0 Å². The summed E-state index contributed by atoms with van der Waals surface area (Å²) in [5.41, 5.74) is 4.87. The molecule has 0 aliphatic carbocycles. The molecular formula is C30H32ClN3O4. The molecule has 0 unspecified atom stereocenters. The Kier molecular flexibility index (Phi) is 8.39.